The second kappa shape index (κ2) is 14.7. The number of anilines is 1. The molecular formula is C36H42ClF2N8O5+. The van der Waals surface area contributed by atoms with Crippen molar-refractivity contribution >= 4 is 35.0 Å². The van der Waals surface area contributed by atoms with Crippen molar-refractivity contribution in [1.82, 2.24) is 29.1 Å². The molecule has 2 aromatic heterocycles. The number of hydrogen-bond donors (Lipinski definition) is 3. The molecule has 2 aromatic carbocycles. The van der Waals surface area contributed by atoms with Gasteiger partial charge >= 0.3 is 0 Å². The lowest BCUT2D eigenvalue weighted by atomic mass is 10.0. The summed E-state index contributed by atoms with van der Waals surface area (Å²) in [7, 11) is 5.38. The molecule has 2 aliphatic heterocycles. The molecule has 2 atom stereocenters. The number of aromatic nitrogens is 4. The van der Waals surface area contributed by atoms with Crippen LogP contribution in [0.15, 0.2) is 42.7 Å². The average Bonchev–Trinajstić information content (AvgIpc) is 3.76. The van der Waals surface area contributed by atoms with E-state index in [1.807, 2.05) is 14.1 Å². The predicted molar refractivity (Wildman–Crippen MR) is 189 cm³/mol. The van der Waals surface area contributed by atoms with Gasteiger partial charge in [-0.15, -0.1) is 0 Å². The Labute approximate surface area is 304 Å². The average molecular weight is 740 g/mol. The number of aryl methyl sites for hydroxylation is 1. The lowest BCUT2D eigenvalue weighted by Crippen LogP contribution is -2.58. The van der Waals surface area contributed by atoms with Gasteiger partial charge in [0.05, 0.1) is 42.8 Å². The van der Waals surface area contributed by atoms with Crippen molar-refractivity contribution < 1.29 is 37.9 Å². The number of likely N-dealkylation sites (N-methyl/N-ethyl adjacent to an activating group) is 1. The Kier molecular flexibility index (Phi) is 10.5. The minimum Gasteiger partial charge on any atom is -0.396 e. The minimum absolute atomic E-state index is 0.0185. The maximum absolute atomic E-state index is 15.5. The van der Waals surface area contributed by atoms with Crippen LogP contribution in [0.2, 0.25) is 5.02 Å². The van der Waals surface area contributed by atoms with E-state index in [1.54, 1.807) is 21.4 Å². The van der Waals surface area contributed by atoms with Gasteiger partial charge in [0.2, 0.25) is 0 Å². The Morgan fingerprint density at radius 3 is 2.33 bits per heavy atom. The lowest BCUT2D eigenvalue weighted by molar-refractivity contribution is -0.894. The summed E-state index contributed by atoms with van der Waals surface area (Å²) in [5.74, 6) is -3.20. The molecule has 2 aliphatic rings. The highest BCUT2D eigenvalue weighted by atomic mass is 35.5. The van der Waals surface area contributed by atoms with Gasteiger partial charge in [-0.05, 0) is 37.6 Å². The number of halogens is 3. The topological polar surface area (TPSA) is 146 Å². The van der Waals surface area contributed by atoms with Gasteiger partial charge in [0.1, 0.15) is 12.6 Å². The number of aliphatic hydroxyl groups is 2. The number of carbonyl (C=O) groups is 3. The normalized spacial score (nSPS) is 18.6. The van der Waals surface area contributed by atoms with Crippen LogP contribution in [0, 0.1) is 18.6 Å². The number of imidazole rings is 1. The van der Waals surface area contributed by atoms with Gasteiger partial charge in [0.15, 0.2) is 23.5 Å². The van der Waals surface area contributed by atoms with E-state index in [4.69, 9.17) is 16.7 Å². The predicted octanol–water partition coefficient (Wildman–Crippen LogP) is 3.32. The Morgan fingerprint density at radius 1 is 1.00 bits per heavy atom. The fraction of sp³-hybridized carbons (Fsp3) is 0.417. The van der Waals surface area contributed by atoms with E-state index < -0.39 is 23.6 Å². The first kappa shape index (κ1) is 37.1. The Hall–Kier alpha value is -4.70. The number of rotatable bonds is 9. The van der Waals surface area contributed by atoms with Crippen LogP contribution in [0.5, 0.6) is 0 Å². The molecule has 13 nitrogen and oxygen atoms in total. The van der Waals surface area contributed by atoms with Crippen molar-refractivity contribution in [1.29, 1.82) is 0 Å². The first-order valence-corrected chi connectivity index (χ1v) is 17.4. The Balaban J connectivity index is 1.10. The molecule has 276 valence electrons. The first-order valence-electron chi connectivity index (χ1n) is 17.0. The number of amides is 3. The fourth-order valence-corrected chi connectivity index (χ4v) is 7.40. The number of quaternary nitrogens is 1. The SMILES string of the molecule is Cc1c(-c2ccc(-c3cnc(C(=O)Nc4ccc(C(=O)N5CCN(C(=O)[C@@H]6C[C@@H](O)C[N+]6(C)C)CC5)c(Cl)c4)n3C)c(F)c2F)cnn1CCCO. The molecule has 0 aliphatic carbocycles. The van der Waals surface area contributed by atoms with Crippen molar-refractivity contribution in [3.63, 3.8) is 0 Å². The second-order valence-electron chi connectivity index (χ2n) is 13.9. The largest absolute Gasteiger partial charge is 0.396 e. The van der Waals surface area contributed by atoms with E-state index in [0.717, 1.165) is 0 Å². The summed E-state index contributed by atoms with van der Waals surface area (Å²) in [6.07, 6.45) is 3.12. The van der Waals surface area contributed by atoms with Gasteiger partial charge in [0, 0.05) is 80.9 Å². The number of piperazine rings is 1. The van der Waals surface area contributed by atoms with Gasteiger partial charge in [-0.25, -0.2) is 13.8 Å². The molecule has 3 N–H and O–H groups in total. The van der Waals surface area contributed by atoms with Crippen LogP contribution >= 0.6 is 11.6 Å². The molecule has 2 saturated heterocycles. The van der Waals surface area contributed by atoms with Gasteiger partial charge < -0.3 is 34.4 Å². The zero-order valence-corrected chi connectivity index (χ0v) is 30.2. The molecule has 16 heteroatoms. The van der Waals surface area contributed by atoms with Crippen molar-refractivity contribution in [2.75, 3.05) is 58.7 Å². The number of aliphatic hydroxyl groups excluding tert-OH is 2. The summed E-state index contributed by atoms with van der Waals surface area (Å²) in [4.78, 5) is 47.4. The van der Waals surface area contributed by atoms with E-state index in [2.05, 4.69) is 15.4 Å². The summed E-state index contributed by atoms with van der Waals surface area (Å²) < 4.78 is 34.3. The number of likely N-dealkylation sites (tertiary alicyclic amines) is 1. The zero-order valence-electron chi connectivity index (χ0n) is 29.4. The summed E-state index contributed by atoms with van der Waals surface area (Å²) in [5, 5.41) is 26.3. The van der Waals surface area contributed by atoms with E-state index in [0.29, 0.717) is 73.5 Å². The highest BCUT2D eigenvalue weighted by Gasteiger charge is 2.46. The smallest absolute Gasteiger partial charge is 0.291 e. The minimum atomic E-state index is -1.10. The van der Waals surface area contributed by atoms with E-state index >= 15 is 8.78 Å². The molecule has 3 amide bonds. The molecule has 52 heavy (non-hydrogen) atoms. The van der Waals surface area contributed by atoms with Gasteiger partial charge in [-0.1, -0.05) is 17.7 Å². The van der Waals surface area contributed by atoms with Gasteiger partial charge in [-0.3, -0.25) is 19.1 Å². The van der Waals surface area contributed by atoms with Gasteiger partial charge in [0.25, 0.3) is 17.7 Å². The molecule has 4 heterocycles. The van der Waals surface area contributed by atoms with Gasteiger partial charge in [-0.2, -0.15) is 5.10 Å². The molecule has 0 saturated carbocycles. The van der Waals surface area contributed by atoms with Crippen LogP contribution < -0.4 is 5.32 Å². The van der Waals surface area contributed by atoms with Crippen LogP contribution in [0.1, 0.15) is 39.5 Å². The standard InChI is InChI=1S/C36H41ClF2N8O5/c1-21-27(18-41-46(21)10-5-15-48)24-8-9-26(32(39)31(24)38)29-19-40-33(43(29)2)34(50)42-22-6-7-25(28(37)16-22)35(51)44-11-13-45(14-12-44)36(52)30-17-23(49)20-47(30,3)4/h6-9,16,18-19,23,30,48-49H,5,10-15,17,20H2,1-4H3/p+1/t23-,30+/m1/s1. The highest BCUT2D eigenvalue weighted by Crippen LogP contribution is 2.33. The zero-order chi connectivity index (χ0) is 37.5. The summed E-state index contributed by atoms with van der Waals surface area (Å²) in [6, 6.07) is 7.05. The second-order valence-corrected chi connectivity index (χ2v) is 14.3. The van der Waals surface area contributed by atoms with Crippen LogP contribution in [-0.4, -0.2) is 127 Å². The highest BCUT2D eigenvalue weighted by molar-refractivity contribution is 6.34. The van der Waals surface area contributed by atoms with Crippen molar-refractivity contribution in [3.05, 3.63) is 76.5 Å². The monoisotopic (exact) mass is 739 g/mol. The fourth-order valence-electron chi connectivity index (χ4n) is 7.14. The third kappa shape index (κ3) is 7.05. The summed E-state index contributed by atoms with van der Waals surface area (Å²) >= 11 is 6.52. The Morgan fingerprint density at radius 2 is 1.67 bits per heavy atom. The van der Waals surface area contributed by atoms with E-state index in [-0.39, 0.29) is 57.7 Å². The number of carbonyl (C=O) groups excluding carboxylic acids is 3. The van der Waals surface area contributed by atoms with Crippen LogP contribution in [0.3, 0.4) is 0 Å². The first-order chi connectivity index (χ1) is 24.7. The molecule has 4 aromatic rings. The van der Waals surface area contributed by atoms with Crippen LogP contribution in [0.4, 0.5) is 14.5 Å². The summed E-state index contributed by atoms with van der Waals surface area (Å²) in [5.41, 5.74) is 1.72. The molecule has 0 bridgehead atoms. The Bertz CT molecular complexity index is 2020. The molecule has 0 spiro atoms. The van der Waals surface area contributed by atoms with Crippen molar-refractivity contribution in [2.24, 2.45) is 7.05 Å². The van der Waals surface area contributed by atoms with Crippen molar-refractivity contribution in [3.8, 4) is 22.4 Å². The van der Waals surface area contributed by atoms with Crippen LogP contribution in [0.25, 0.3) is 22.4 Å². The lowest BCUT2D eigenvalue weighted by Gasteiger charge is -2.38. The van der Waals surface area contributed by atoms with Crippen LogP contribution in [-0.2, 0) is 18.4 Å². The number of hydrogen-bond acceptors (Lipinski definition) is 7. The maximum atomic E-state index is 15.5. The van der Waals surface area contributed by atoms with E-state index in [1.165, 1.54) is 54.3 Å². The molecule has 2 fully saturated rings. The summed E-state index contributed by atoms with van der Waals surface area (Å²) in [6.45, 7) is 4.07. The number of benzene rings is 2. The third-order valence-corrected chi connectivity index (χ3v) is 10.4. The molecule has 0 radical (unpaired) electrons. The third-order valence-electron chi connectivity index (χ3n) is 10.1. The molecule has 0 unspecified atom stereocenters. The number of nitrogens with one attached hydrogen (secondary N) is 1. The quantitative estimate of drug-likeness (QED) is 0.224. The number of nitrogens with zero attached hydrogens (tertiary/aromatic N) is 7. The molecule has 6 rings (SSSR count). The molecular weight excluding hydrogens is 698 g/mol. The van der Waals surface area contributed by atoms with E-state index in [9.17, 15) is 19.5 Å². The van der Waals surface area contributed by atoms with Crippen molar-refractivity contribution in [2.45, 2.75) is 38.5 Å². The maximum Gasteiger partial charge on any atom is 0.291 e.